The second-order valence-corrected chi connectivity index (χ2v) is 4.27. The van der Waals surface area contributed by atoms with Crippen molar-refractivity contribution in [3.63, 3.8) is 0 Å². The van der Waals surface area contributed by atoms with Gasteiger partial charge in [-0.15, -0.1) is 0 Å². The summed E-state index contributed by atoms with van der Waals surface area (Å²) in [4.78, 5) is 26.8. The number of allylic oxidation sites excluding steroid dienone is 4. The first-order chi connectivity index (χ1) is 9.51. The summed E-state index contributed by atoms with van der Waals surface area (Å²) in [5, 5.41) is 2.62. The van der Waals surface area contributed by atoms with Crippen LogP contribution in [0.15, 0.2) is 28.9 Å². The largest absolute Gasteiger partial charge is 0.469 e. The van der Waals surface area contributed by atoms with Gasteiger partial charge < -0.3 is 10.1 Å². The quantitative estimate of drug-likeness (QED) is 0.321. The summed E-state index contributed by atoms with van der Waals surface area (Å²) < 4.78 is 4.49. The van der Waals surface area contributed by atoms with Crippen LogP contribution in [0.2, 0.25) is 0 Å². The van der Waals surface area contributed by atoms with E-state index in [2.05, 4.69) is 21.1 Å². The Bertz CT molecular complexity index is 409. The number of carbonyl (C=O) groups excluding carboxylic acids is 2. The van der Waals surface area contributed by atoms with Gasteiger partial charge in [0.05, 0.1) is 13.5 Å². The molecule has 0 atom stereocenters. The number of ether oxygens (including phenoxy) is 1. The fourth-order valence-electron chi connectivity index (χ4n) is 1.42. The van der Waals surface area contributed by atoms with Gasteiger partial charge in [-0.25, -0.2) is 0 Å². The minimum atomic E-state index is -0.347. The number of carbonyl (C=O) groups is 2. The topological polar surface area (TPSA) is 67.8 Å². The second-order valence-electron chi connectivity index (χ2n) is 4.27. The highest BCUT2D eigenvalue weighted by Crippen LogP contribution is 2.01. The third-order valence-electron chi connectivity index (χ3n) is 2.52. The maximum absolute atomic E-state index is 11.7. The number of aliphatic imine (C=N–C) groups is 1. The summed E-state index contributed by atoms with van der Waals surface area (Å²) in [5.74, 6) is -0.616. The van der Waals surface area contributed by atoms with E-state index >= 15 is 0 Å². The molecule has 1 N–H and O–H groups in total. The molecule has 0 aromatic rings. The van der Waals surface area contributed by atoms with Gasteiger partial charge >= 0.3 is 5.97 Å². The minimum Gasteiger partial charge on any atom is -0.469 e. The molecule has 0 saturated carbocycles. The van der Waals surface area contributed by atoms with Crippen molar-refractivity contribution in [3.05, 3.63) is 23.9 Å². The number of amides is 1. The zero-order valence-corrected chi connectivity index (χ0v) is 12.7. The van der Waals surface area contributed by atoms with Crippen LogP contribution in [0.3, 0.4) is 0 Å². The van der Waals surface area contributed by atoms with Crippen molar-refractivity contribution in [3.8, 4) is 0 Å². The van der Waals surface area contributed by atoms with Crippen molar-refractivity contribution < 1.29 is 14.3 Å². The summed E-state index contributed by atoms with van der Waals surface area (Å²) in [6.45, 7) is 5.75. The molecule has 0 unspecified atom stereocenters. The molecule has 1 amide bonds. The van der Waals surface area contributed by atoms with Gasteiger partial charge in [0.2, 0.25) is 0 Å². The first kappa shape index (κ1) is 18.1. The van der Waals surface area contributed by atoms with Gasteiger partial charge in [0.1, 0.15) is 5.71 Å². The number of hydrogen-bond donors (Lipinski definition) is 1. The Balaban J connectivity index is 4.20. The molecule has 0 heterocycles. The van der Waals surface area contributed by atoms with Gasteiger partial charge in [-0.1, -0.05) is 18.2 Å². The molecular formula is C15H24N2O3. The first-order valence-corrected chi connectivity index (χ1v) is 6.69. The molecular weight excluding hydrogens is 256 g/mol. The zero-order valence-electron chi connectivity index (χ0n) is 12.7. The lowest BCUT2D eigenvalue weighted by Crippen LogP contribution is -2.31. The predicted octanol–water partition coefficient (Wildman–Crippen LogP) is 2.39. The lowest BCUT2D eigenvalue weighted by Gasteiger charge is -2.04. The SMILES string of the molecule is C/C=C/CC/C=C(\C)N=C(C)C(=O)NCCC(=O)OC. The summed E-state index contributed by atoms with van der Waals surface area (Å²) >= 11 is 0. The smallest absolute Gasteiger partial charge is 0.307 e. The molecule has 0 aromatic heterocycles. The number of hydrogen-bond acceptors (Lipinski definition) is 4. The minimum absolute atomic E-state index is 0.160. The Kier molecular flexibility index (Phi) is 9.92. The highest BCUT2D eigenvalue weighted by Gasteiger charge is 2.06. The standard InChI is InChI=1S/C15H24N2O3/c1-5-6-7-8-9-12(2)17-13(3)15(19)16-11-10-14(18)20-4/h5-6,9H,7-8,10-11H2,1-4H3,(H,16,19)/b6-5+,12-9+,17-13?. The Morgan fingerprint density at radius 3 is 2.55 bits per heavy atom. The Morgan fingerprint density at radius 2 is 1.95 bits per heavy atom. The van der Waals surface area contributed by atoms with Gasteiger partial charge in [-0.3, -0.25) is 14.6 Å². The number of methoxy groups -OCH3 is 1. The van der Waals surface area contributed by atoms with E-state index in [4.69, 9.17) is 0 Å². The third kappa shape index (κ3) is 9.08. The molecule has 0 aliphatic carbocycles. The maximum Gasteiger partial charge on any atom is 0.307 e. The number of esters is 1. The maximum atomic E-state index is 11.7. The van der Waals surface area contributed by atoms with Crippen LogP contribution in [0.25, 0.3) is 0 Å². The van der Waals surface area contributed by atoms with E-state index in [0.29, 0.717) is 5.71 Å². The monoisotopic (exact) mass is 280 g/mol. The number of unbranched alkanes of at least 4 members (excludes halogenated alkanes) is 1. The van der Waals surface area contributed by atoms with Crippen LogP contribution in [0.5, 0.6) is 0 Å². The molecule has 20 heavy (non-hydrogen) atoms. The number of nitrogens with zero attached hydrogens (tertiary/aromatic N) is 1. The normalized spacial score (nSPS) is 12.6. The van der Waals surface area contributed by atoms with Crippen LogP contribution in [-0.4, -0.2) is 31.2 Å². The van der Waals surface area contributed by atoms with Crippen molar-refractivity contribution >= 4 is 17.6 Å². The van der Waals surface area contributed by atoms with Crippen LogP contribution >= 0.6 is 0 Å². The van der Waals surface area contributed by atoms with E-state index in [1.807, 2.05) is 26.0 Å². The first-order valence-electron chi connectivity index (χ1n) is 6.69. The average molecular weight is 280 g/mol. The molecule has 0 radical (unpaired) electrons. The fourth-order valence-corrected chi connectivity index (χ4v) is 1.42. The van der Waals surface area contributed by atoms with Crippen LogP contribution in [0, 0.1) is 0 Å². The lowest BCUT2D eigenvalue weighted by atomic mass is 10.2. The Labute approximate surface area is 120 Å². The van der Waals surface area contributed by atoms with Gasteiger partial charge in [-0.05, 0) is 33.6 Å². The van der Waals surface area contributed by atoms with Gasteiger partial charge in [-0.2, -0.15) is 0 Å². The summed E-state index contributed by atoms with van der Waals surface area (Å²) in [7, 11) is 1.32. The van der Waals surface area contributed by atoms with Gasteiger partial charge in [0.15, 0.2) is 0 Å². The van der Waals surface area contributed by atoms with E-state index in [-0.39, 0.29) is 24.8 Å². The third-order valence-corrected chi connectivity index (χ3v) is 2.52. The second kappa shape index (κ2) is 11.0. The van der Waals surface area contributed by atoms with Gasteiger partial charge in [0.25, 0.3) is 5.91 Å². The average Bonchev–Trinajstić information content (AvgIpc) is 2.43. The molecule has 0 aliphatic heterocycles. The molecule has 5 nitrogen and oxygen atoms in total. The van der Waals surface area contributed by atoms with Crippen molar-refractivity contribution in [2.45, 2.75) is 40.0 Å². The van der Waals surface area contributed by atoms with Crippen LogP contribution in [0.4, 0.5) is 0 Å². The summed E-state index contributed by atoms with van der Waals surface area (Å²) in [6, 6.07) is 0. The molecule has 0 bridgehead atoms. The van der Waals surface area contributed by atoms with Crippen LogP contribution < -0.4 is 5.32 Å². The Hall–Kier alpha value is -1.91. The molecule has 0 spiro atoms. The summed E-state index contributed by atoms with van der Waals surface area (Å²) in [5.41, 5.74) is 1.20. The molecule has 0 aromatic carbocycles. The van der Waals surface area contributed by atoms with Crippen molar-refractivity contribution in [1.29, 1.82) is 0 Å². The van der Waals surface area contributed by atoms with Crippen molar-refractivity contribution in [2.75, 3.05) is 13.7 Å². The molecule has 0 saturated heterocycles. The van der Waals surface area contributed by atoms with Crippen molar-refractivity contribution in [2.24, 2.45) is 4.99 Å². The summed E-state index contributed by atoms with van der Waals surface area (Å²) in [6.07, 6.45) is 8.11. The molecule has 5 heteroatoms. The van der Waals surface area contributed by atoms with E-state index in [1.165, 1.54) is 7.11 Å². The number of nitrogens with one attached hydrogen (secondary N) is 1. The molecule has 0 rings (SSSR count). The van der Waals surface area contributed by atoms with Crippen molar-refractivity contribution in [1.82, 2.24) is 5.32 Å². The van der Waals surface area contributed by atoms with Gasteiger partial charge in [0, 0.05) is 12.2 Å². The Morgan fingerprint density at radius 1 is 1.25 bits per heavy atom. The van der Waals surface area contributed by atoms with E-state index < -0.39 is 0 Å². The lowest BCUT2D eigenvalue weighted by molar-refractivity contribution is -0.140. The van der Waals surface area contributed by atoms with Crippen LogP contribution in [-0.2, 0) is 14.3 Å². The van der Waals surface area contributed by atoms with Crippen LogP contribution in [0.1, 0.15) is 40.0 Å². The molecule has 0 fully saturated rings. The predicted molar refractivity (Wildman–Crippen MR) is 80.6 cm³/mol. The fraction of sp³-hybridized carbons (Fsp3) is 0.533. The molecule has 112 valence electrons. The highest BCUT2D eigenvalue weighted by molar-refractivity contribution is 6.38. The highest BCUT2D eigenvalue weighted by atomic mass is 16.5. The van der Waals surface area contributed by atoms with E-state index in [0.717, 1.165) is 18.5 Å². The van der Waals surface area contributed by atoms with E-state index in [9.17, 15) is 9.59 Å². The zero-order chi connectivity index (χ0) is 15.4. The molecule has 0 aliphatic rings. The van der Waals surface area contributed by atoms with E-state index in [1.54, 1.807) is 6.92 Å². The number of rotatable bonds is 8.